The second-order valence-corrected chi connectivity index (χ2v) is 6.55. The van der Waals surface area contributed by atoms with Gasteiger partial charge in [0.25, 0.3) is 0 Å². The topological polar surface area (TPSA) is 62.5 Å². The second kappa shape index (κ2) is 11.2. The van der Waals surface area contributed by atoms with Crippen LogP contribution in [0, 0.1) is 11.6 Å². The molecule has 0 unspecified atom stereocenters. The highest BCUT2D eigenvalue weighted by Gasteiger charge is 2.33. The van der Waals surface area contributed by atoms with Crippen LogP contribution in [0.4, 0.5) is 22.0 Å². The molecule has 2 N–H and O–H groups in total. The Balaban J connectivity index is 0.00000363. The number of benzene rings is 2. The van der Waals surface area contributed by atoms with Crippen LogP contribution < -0.4 is 10.6 Å². The highest BCUT2D eigenvalue weighted by molar-refractivity contribution is 14.0. The molecule has 0 aliphatic rings. The van der Waals surface area contributed by atoms with Crippen LogP contribution in [0.5, 0.6) is 0 Å². The van der Waals surface area contributed by atoms with Gasteiger partial charge in [0.2, 0.25) is 5.89 Å². The molecule has 1 heterocycles. The summed E-state index contributed by atoms with van der Waals surface area (Å²) in [5.74, 6) is -0.680. The Bertz CT molecular complexity index is 1050. The maximum atomic E-state index is 13.2. The van der Waals surface area contributed by atoms with Gasteiger partial charge in [0.15, 0.2) is 5.96 Å². The molecule has 0 spiro atoms. The lowest BCUT2D eigenvalue weighted by Crippen LogP contribution is -2.38. The molecule has 3 rings (SSSR count). The average molecular weight is 566 g/mol. The molecule has 0 amide bonds. The number of guanidine groups is 1. The maximum absolute atomic E-state index is 13.2. The molecule has 32 heavy (non-hydrogen) atoms. The third kappa shape index (κ3) is 6.90. The average Bonchev–Trinajstić information content (AvgIpc) is 3.20. The first-order valence-electron chi connectivity index (χ1n) is 9.27. The Labute approximate surface area is 198 Å². The lowest BCUT2D eigenvalue weighted by atomic mass is 10.1. The number of hydrogen-bond acceptors (Lipinski definition) is 3. The summed E-state index contributed by atoms with van der Waals surface area (Å²) in [6.07, 6.45) is -2.73. The van der Waals surface area contributed by atoms with E-state index in [0.29, 0.717) is 36.2 Å². The van der Waals surface area contributed by atoms with Gasteiger partial charge in [-0.3, -0.25) is 4.99 Å². The van der Waals surface area contributed by atoms with Crippen molar-refractivity contribution in [1.82, 2.24) is 15.6 Å². The van der Waals surface area contributed by atoms with Gasteiger partial charge in [0.1, 0.15) is 17.9 Å². The van der Waals surface area contributed by atoms with E-state index in [1.807, 2.05) is 0 Å². The molecule has 3 aromatic rings. The Morgan fingerprint density at radius 3 is 2.38 bits per heavy atom. The summed E-state index contributed by atoms with van der Waals surface area (Å²) in [6.45, 7) is 0.193. The molecule has 172 valence electrons. The van der Waals surface area contributed by atoms with Crippen molar-refractivity contribution in [2.45, 2.75) is 19.1 Å². The molecule has 0 bridgehead atoms. The number of nitrogens with one attached hydrogen (secondary N) is 2. The van der Waals surface area contributed by atoms with E-state index in [1.165, 1.54) is 25.4 Å². The molecule has 0 fully saturated rings. The summed E-state index contributed by atoms with van der Waals surface area (Å²) < 4.78 is 70.9. The predicted molar refractivity (Wildman–Crippen MR) is 121 cm³/mol. The van der Waals surface area contributed by atoms with Crippen molar-refractivity contribution in [3.8, 4) is 11.5 Å². The summed E-state index contributed by atoms with van der Waals surface area (Å²) in [4.78, 5) is 8.29. The molecule has 0 saturated heterocycles. The molecular formula is C21H20F5IN4O. The quantitative estimate of drug-likeness (QED) is 0.187. The van der Waals surface area contributed by atoms with E-state index in [1.54, 1.807) is 12.1 Å². The summed E-state index contributed by atoms with van der Waals surface area (Å²) in [5.41, 5.74) is 0.140. The highest BCUT2D eigenvalue weighted by Crippen LogP contribution is 2.32. The normalized spacial score (nSPS) is 11.8. The molecule has 11 heteroatoms. The number of aromatic nitrogens is 1. The van der Waals surface area contributed by atoms with Crippen LogP contribution in [-0.2, 0) is 19.1 Å². The van der Waals surface area contributed by atoms with Crippen LogP contribution in [0.1, 0.15) is 16.8 Å². The van der Waals surface area contributed by atoms with E-state index in [9.17, 15) is 22.0 Å². The van der Waals surface area contributed by atoms with Gasteiger partial charge in [0.05, 0.1) is 11.3 Å². The Hall–Kier alpha value is -2.70. The van der Waals surface area contributed by atoms with Crippen molar-refractivity contribution in [3.05, 3.63) is 77.2 Å². The van der Waals surface area contributed by atoms with Crippen molar-refractivity contribution < 1.29 is 26.4 Å². The van der Waals surface area contributed by atoms with E-state index in [4.69, 9.17) is 4.42 Å². The predicted octanol–water partition coefficient (Wildman–Crippen LogP) is 5.16. The second-order valence-electron chi connectivity index (χ2n) is 6.55. The summed E-state index contributed by atoms with van der Waals surface area (Å²) in [6, 6.07) is 8.26. The minimum absolute atomic E-state index is 0. The molecule has 5 nitrogen and oxygen atoms in total. The van der Waals surface area contributed by atoms with Gasteiger partial charge in [-0.2, -0.15) is 13.2 Å². The SMILES string of the molecule is CN=C(NCCc1coc(-c2ccc(F)cc2)n1)NCc1ccc(F)cc1C(F)(F)F.I. The van der Waals surface area contributed by atoms with Crippen LogP contribution >= 0.6 is 24.0 Å². The molecule has 0 aliphatic heterocycles. The van der Waals surface area contributed by atoms with Gasteiger partial charge in [-0.15, -0.1) is 24.0 Å². The molecule has 1 aromatic heterocycles. The van der Waals surface area contributed by atoms with Crippen molar-refractivity contribution in [2.24, 2.45) is 4.99 Å². The van der Waals surface area contributed by atoms with Gasteiger partial charge < -0.3 is 15.1 Å². The van der Waals surface area contributed by atoms with Crippen molar-refractivity contribution in [3.63, 3.8) is 0 Å². The smallest absolute Gasteiger partial charge is 0.416 e. The van der Waals surface area contributed by atoms with E-state index in [-0.39, 0.29) is 47.9 Å². The molecule has 0 radical (unpaired) electrons. The highest BCUT2D eigenvalue weighted by atomic mass is 127. The fraction of sp³-hybridized carbons (Fsp3) is 0.238. The first-order valence-corrected chi connectivity index (χ1v) is 9.27. The minimum Gasteiger partial charge on any atom is -0.444 e. The number of aliphatic imine (C=N–C) groups is 1. The number of oxazole rings is 1. The van der Waals surface area contributed by atoms with Crippen LogP contribution in [0.3, 0.4) is 0 Å². The summed E-state index contributed by atoms with van der Waals surface area (Å²) >= 11 is 0. The van der Waals surface area contributed by atoms with Crippen LogP contribution in [-0.4, -0.2) is 24.5 Å². The first-order chi connectivity index (χ1) is 14.8. The van der Waals surface area contributed by atoms with Gasteiger partial charge in [0, 0.05) is 32.1 Å². The van der Waals surface area contributed by atoms with Crippen LogP contribution in [0.15, 0.2) is 58.1 Å². The van der Waals surface area contributed by atoms with E-state index < -0.39 is 17.6 Å². The van der Waals surface area contributed by atoms with Crippen molar-refractivity contribution in [1.29, 1.82) is 0 Å². The lowest BCUT2D eigenvalue weighted by Gasteiger charge is -2.15. The van der Waals surface area contributed by atoms with Crippen molar-refractivity contribution in [2.75, 3.05) is 13.6 Å². The van der Waals surface area contributed by atoms with Crippen LogP contribution in [0.2, 0.25) is 0 Å². The zero-order chi connectivity index (χ0) is 22.4. The summed E-state index contributed by atoms with van der Waals surface area (Å²) in [5, 5.41) is 5.74. The maximum Gasteiger partial charge on any atom is 0.416 e. The standard InChI is InChI=1S/C21H19F5N4O.HI/c1-27-20(29-11-14-4-7-16(23)10-18(14)21(24,25)26)28-9-8-17-12-31-19(30-17)13-2-5-15(22)6-3-13;/h2-7,10,12H,8-9,11H2,1H3,(H2,27,28,29);1H. The van der Waals surface area contributed by atoms with Gasteiger partial charge in [-0.05, 0) is 42.0 Å². The number of halogens is 6. The Morgan fingerprint density at radius 2 is 1.72 bits per heavy atom. The molecular weight excluding hydrogens is 546 g/mol. The van der Waals surface area contributed by atoms with Gasteiger partial charge >= 0.3 is 6.18 Å². The number of rotatable bonds is 6. The lowest BCUT2D eigenvalue weighted by molar-refractivity contribution is -0.138. The zero-order valence-corrected chi connectivity index (χ0v) is 19.2. The number of nitrogens with zero attached hydrogens (tertiary/aromatic N) is 2. The minimum atomic E-state index is -4.66. The van der Waals surface area contributed by atoms with E-state index in [2.05, 4.69) is 20.6 Å². The van der Waals surface area contributed by atoms with E-state index in [0.717, 1.165) is 12.1 Å². The fourth-order valence-corrected chi connectivity index (χ4v) is 2.82. The largest absolute Gasteiger partial charge is 0.444 e. The Kier molecular flexibility index (Phi) is 8.99. The van der Waals surface area contributed by atoms with Crippen LogP contribution in [0.25, 0.3) is 11.5 Å². The third-order valence-corrected chi connectivity index (χ3v) is 4.36. The molecule has 0 atom stereocenters. The van der Waals surface area contributed by atoms with E-state index >= 15 is 0 Å². The first kappa shape index (κ1) is 25.6. The summed E-state index contributed by atoms with van der Waals surface area (Å²) in [7, 11) is 1.48. The van der Waals surface area contributed by atoms with Gasteiger partial charge in [-0.25, -0.2) is 13.8 Å². The monoisotopic (exact) mass is 566 g/mol. The number of hydrogen-bond donors (Lipinski definition) is 2. The molecule has 2 aromatic carbocycles. The van der Waals surface area contributed by atoms with Crippen molar-refractivity contribution >= 4 is 29.9 Å². The zero-order valence-electron chi connectivity index (χ0n) is 16.8. The fourth-order valence-electron chi connectivity index (χ4n) is 2.82. The Morgan fingerprint density at radius 1 is 1.03 bits per heavy atom. The third-order valence-electron chi connectivity index (χ3n) is 4.36. The molecule has 0 saturated carbocycles. The molecule has 0 aliphatic carbocycles. The number of alkyl halides is 3. The van der Waals surface area contributed by atoms with Gasteiger partial charge in [-0.1, -0.05) is 6.07 Å².